The minimum atomic E-state index is -1.02. The molecule has 0 bridgehead atoms. The normalized spacial score (nSPS) is 29.5. The average Bonchev–Trinajstić information content (AvgIpc) is 2.74. The van der Waals surface area contributed by atoms with E-state index in [1.54, 1.807) is 6.92 Å². The van der Waals surface area contributed by atoms with Crippen molar-refractivity contribution in [2.45, 2.75) is 89.1 Å². The fraction of sp³-hybridized carbons (Fsp3) is 0.938. The first-order valence-electron chi connectivity index (χ1n) is 8.27. The molecule has 0 aromatic rings. The largest absolute Gasteiger partial charge is 0.460 e. The number of hydrogen-bond donors (Lipinski definition) is 2. The maximum Gasteiger partial charge on any atom is 0.302 e. The SMILES string of the molecule is CCCCCCCCSC1OC(C(C)OC(C)=O)C(O)C1O. The number of unbranched alkanes of at least 4 members (excludes halogenated alkanes) is 5. The molecule has 0 saturated carbocycles. The van der Waals surface area contributed by atoms with Gasteiger partial charge in [0.2, 0.25) is 0 Å². The molecule has 2 N–H and O–H groups in total. The molecule has 22 heavy (non-hydrogen) atoms. The molecule has 0 aromatic carbocycles. The molecule has 6 heteroatoms. The summed E-state index contributed by atoms with van der Waals surface area (Å²) in [6.07, 6.45) is 4.15. The lowest BCUT2D eigenvalue weighted by atomic mass is 10.1. The summed E-state index contributed by atoms with van der Waals surface area (Å²) in [6, 6.07) is 0. The first-order chi connectivity index (χ1) is 10.5. The van der Waals surface area contributed by atoms with Crippen molar-refractivity contribution in [3.63, 3.8) is 0 Å². The van der Waals surface area contributed by atoms with Crippen LogP contribution in [0.5, 0.6) is 0 Å². The molecular formula is C16H30O5S. The van der Waals surface area contributed by atoms with Crippen LogP contribution in [0, 0.1) is 0 Å². The fourth-order valence-electron chi connectivity index (χ4n) is 2.61. The summed E-state index contributed by atoms with van der Waals surface area (Å²) in [5.74, 6) is 0.482. The Morgan fingerprint density at radius 3 is 2.45 bits per heavy atom. The fourth-order valence-corrected chi connectivity index (χ4v) is 3.78. The predicted octanol–water partition coefficient (Wildman–Crippen LogP) is 2.48. The van der Waals surface area contributed by atoms with E-state index in [4.69, 9.17) is 9.47 Å². The standard InChI is InChI=1S/C16H30O5S/c1-4-5-6-7-8-9-10-22-16-14(19)13(18)15(21-16)11(2)20-12(3)17/h11,13-16,18-19H,4-10H2,1-3H3. The van der Waals surface area contributed by atoms with E-state index in [9.17, 15) is 15.0 Å². The number of carbonyl (C=O) groups is 1. The van der Waals surface area contributed by atoms with Crippen molar-refractivity contribution >= 4 is 17.7 Å². The summed E-state index contributed by atoms with van der Waals surface area (Å²) in [7, 11) is 0. The summed E-state index contributed by atoms with van der Waals surface area (Å²) in [5, 5.41) is 20.1. The molecule has 0 amide bonds. The molecule has 0 spiro atoms. The van der Waals surface area contributed by atoms with E-state index in [0.29, 0.717) is 0 Å². The molecule has 0 radical (unpaired) electrons. The van der Waals surface area contributed by atoms with Gasteiger partial charge in [-0.25, -0.2) is 0 Å². The van der Waals surface area contributed by atoms with Crippen molar-refractivity contribution in [1.29, 1.82) is 0 Å². The van der Waals surface area contributed by atoms with Crippen molar-refractivity contribution in [1.82, 2.24) is 0 Å². The Bertz CT molecular complexity index is 326. The summed E-state index contributed by atoms with van der Waals surface area (Å²) >= 11 is 1.53. The second-order valence-electron chi connectivity index (χ2n) is 5.90. The Labute approximate surface area is 137 Å². The lowest BCUT2D eigenvalue weighted by Crippen LogP contribution is -2.39. The van der Waals surface area contributed by atoms with Gasteiger partial charge in [0.05, 0.1) is 0 Å². The van der Waals surface area contributed by atoms with Crippen LogP contribution in [0.25, 0.3) is 0 Å². The van der Waals surface area contributed by atoms with Gasteiger partial charge in [-0.05, 0) is 19.1 Å². The highest BCUT2D eigenvalue weighted by Crippen LogP contribution is 2.32. The quantitative estimate of drug-likeness (QED) is 0.472. The minimum absolute atomic E-state index is 0.416. The van der Waals surface area contributed by atoms with E-state index >= 15 is 0 Å². The number of esters is 1. The van der Waals surface area contributed by atoms with Gasteiger partial charge < -0.3 is 19.7 Å². The Morgan fingerprint density at radius 2 is 1.82 bits per heavy atom. The number of rotatable bonds is 10. The Balaban J connectivity index is 2.26. The highest BCUT2D eigenvalue weighted by Gasteiger charge is 2.46. The van der Waals surface area contributed by atoms with Gasteiger partial charge in [0, 0.05) is 6.92 Å². The second-order valence-corrected chi connectivity index (χ2v) is 7.11. The smallest absolute Gasteiger partial charge is 0.302 e. The molecule has 1 fully saturated rings. The summed E-state index contributed by atoms with van der Waals surface area (Å²) < 4.78 is 10.7. The minimum Gasteiger partial charge on any atom is -0.460 e. The molecule has 1 heterocycles. The number of hydrogen-bond acceptors (Lipinski definition) is 6. The van der Waals surface area contributed by atoms with Crippen molar-refractivity contribution in [2.75, 3.05) is 5.75 Å². The first-order valence-corrected chi connectivity index (χ1v) is 9.32. The average molecular weight is 334 g/mol. The molecule has 0 aromatic heterocycles. The highest BCUT2D eigenvalue weighted by molar-refractivity contribution is 7.99. The third-order valence-electron chi connectivity index (χ3n) is 3.85. The topological polar surface area (TPSA) is 76.0 Å². The second kappa shape index (κ2) is 10.5. The van der Waals surface area contributed by atoms with Crippen LogP contribution in [0.15, 0.2) is 0 Å². The maximum atomic E-state index is 11.0. The zero-order valence-corrected chi connectivity index (χ0v) is 14.7. The molecule has 5 atom stereocenters. The Morgan fingerprint density at radius 1 is 1.18 bits per heavy atom. The number of aliphatic hydroxyl groups excluding tert-OH is 2. The van der Waals surface area contributed by atoms with Gasteiger partial charge in [0.1, 0.15) is 29.9 Å². The third-order valence-corrected chi connectivity index (χ3v) is 5.09. The van der Waals surface area contributed by atoms with E-state index in [0.717, 1.165) is 12.2 Å². The van der Waals surface area contributed by atoms with E-state index in [1.807, 2.05) is 0 Å². The van der Waals surface area contributed by atoms with Crippen molar-refractivity contribution in [3.05, 3.63) is 0 Å². The van der Waals surface area contributed by atoms with Crippen molar-refractivity contribution in [3.8, 4) is 0 Å². The van der Waals surface area contributed by atoms with Crippen molar-refractivity contribution < 1.29 is 24.5 Å². The zero-order chi connectivity index (χ0) is 16.5. The molecule has 1 saturated heterocycles. The summed E-state index contributed by atoms with van der Waals surface area (Å²) in [4.78, 5) is 11.0. The van der Waals surface area contributed by atoms with E-state index in [2.05, 4.69) is 6.92 Å². The summed E-state index contributed by atoms with van der Waals surface area (Å²) in [5.41, 5.74) is -0.450. The molecule has 5 nitrogen and oxygen atoms in total. The van der Waals surface area contributed by atoms with Crippen LogP contribution in [0.3, 0.4) is 0 Å². The molecule has 5 unspecified atom stereocenters. The number of carbonyl (C=O) groups excluding carboxylic acids is 1. The van der Waals surface area contributed by atoms with Crippen molar-refractivity contribution in [2.24, 2.45) is 0 Å². The molecule has 1 aliphatic heterocycles. The van der Waals surface area contributed by atoms with Crippen LogP contribution in [0.4, 0.5) is 0 Å². The predicted molar refractivity (Wildman–Crippen MR) is 87.7 cm³/mol. The molecule has 1 aliphatic rings. The van der Waals surface area contributed by atoms with Gasteiger partial charge in [-0.15, -0.1) is 11.8 Å². The van der Waals surface area contributed by atoms with Crippen LogP contribution in [0.2, 0.25) is 0 Å². The van der Waals surface area contributed by atoms with Gasteiger partial charge in [0.15, 0.2) is 0 Å². The molecule has 130 valence electrons. The lowest BCUT2D eigenvalue weighted by molar-refractivity contribution is -0.154. The number of ether oxygens (including phenoxy) is 2. The van der Waals surface area contributed by atoms with E-state index in [1.165, 1.54) is 50.8 Å². The van der Waals surface area contributed by atoms with Gasteiger partial charge in [0.25, 0.3) is 0 Å². The van der Waals surface area contributed by atoms with E-state index < -0.39 is 35.8 Å². The van der Waals surface area contributed by atoms with Crippen LogP contribution < -0.4 is 0 Å². The Kier molecular flexibility index (Phi) is 9.40. The Hall–Kier alpha value is -0.300. The third kappa shape index (κ3) is 6.44. The van der Waals surface area contributed by atoms with Gasteiger partial charge in [-0.2, -0.15) is 0 Å². The number of aliphatic hydroxyl groups is 2. The van der Waals surface area contributed by atoms with Gasteiger partial charge in [-0.3, -0.25) is 4.79 Å². The van der Waals surface area contributed by atoms with E-state index in [-0.39, 0.29) is 0 Å². The van der Waals surface area contributed by atoms with Crippen LogP contribution >= 0.6 is 11.8 Å². The number of thioether (sulfide) groups is 1. The lowest BCUT2D eigenvalue weighted by Gasteiger charge is -2.21. The highest BCUT2D eigenvalue weighted by atomic mass is 32.2. The molecule has 0 aliphatic carbocycles. The molecule has 1 rings (SSSR count). The van der Waals surface area contributed by atoms with Gasteiger partial charge in [-0.1, -0.05) is 39.0 Å². The van der Waals surface area contributed by atoms with Crippen LogP contribution in [0.1, 0.15) is 59.3 Å². The molecular weight excluding hydrogens is 304 g/mol. The summed E-state index contributed by atoms with van der Waals surface area (Å²) in [6.45, 7) is 5.19. The maximum absolute atomic E-state index is 11.0. The van der Waals surface area contributed by atoms with Gasteiger partial charge >= 0.3 is 5.97 Å². The van der Waals surface area contributed by atoms with Crippen LogP contribution in [-0.4, -0.2) is 51.8 Å². The van der Waals surface area contributed by atoms with Crippen LogP contribution in [-0.2, 0) is 14.3 Å². The zero-order valence-electron chi connectivity index (χ0n) is 13.9. The first kappa shape index (κ1) is 19.7. The monoisotopic (exact) mass is 334 g/mol.